The Hall–Kier alpha value is -2.64. The van der Waals surface area contributed by atoms with E-state index in [0.717, 1.165) is 48.4 Å². The third-order valence-electron chi connectivity index (χ3n) is 4.52. The molecule has 0 amide bonds. The van der Waals surface area contributed by atoms with E-state index in [9.17, 15) is 0 Å². The van der Waals surface area contributed by atoms with Crippen LogP contribution in [0.1, 0.15) is 24.4 Å². The Morgan fingerprint density at radius 1 is 1.09 bits per heavy atom. The topological polar surface area (TPSA) is 53.6 Å². The van der Waals surface area contributed by atoms with Gasteiger partial charge in [-0.05, 0) is 44.1 Å². The summed E-state index contributed by atoms with van der Waals surface area (Å²) < 4.78 is 2.37. The van der Waals surface area contributed by atoms with Crippen LogP contribution < -0.4 is 5.32 Å². The van der Waals surface area contributed by atoms with Crippen molar-refractivity contribution in [2.45, 2.75) is 18.9 Å². The summed E-state index contributed by atoms with van der Waals surface area (Å²) in [5.41, 5.74) is 3.81. The van der Waals surface area contributed by atoms with Crippen LogP contribution in [0.2, 0.25) is 0 Å². The van der Waals surface area contributed by atoms with Crippen molar-refractivity contribution in [3.63, 3.8) is 0 Å². The van der Waals surface area contributed by atoms with Gasteiger partial charge in [0.2, 0.25) is 0 Å². The monoisotopic (exact) mass is 302 g/mol. The molecule has 0 spiro atoms. The number of hydrogen-bond acceptors (Lipinski definition) is 3. The average molecular weight is 302 g/mol. The van der Waals surface area contributed by atoms with Crippen LogP contribution in [-0.2, 0) is 0 Å². The lowest BCUT2D eigenvalue weighted by molar-refractivity contribution is 0.377. The van der Waals surface area contributed by atoms with Crippen LogP contribution >= 0.6 is 0 Å². The second kappa shape index (κ2) is 5.86. The summed E-state index contributed by atoms with van der Waals surface area (Å²) in [7, 11) is 0. The van der Waals surface area contributed by atoms with E-state index < -0.39 is 0 Å². The summed E-state index contributed by atoms with van der Waals surface area (Å²) in [6.45, 7) is 2.07. The van der Waals surface area contributed by atoms with Crippen LogP contribution in [0.3, 0.4) is 0 Å². The lowest BCUT2D eigenvalue weighted by Gasteiger charge is -2.26. The summed E-state index contributed by atoms with van der Waals surface area (Å²) in [5, 5.41) is 12.6. The van der Waals surface area contributed by atoms with Crippen LogP contribution in [0.5, 0.6) is 0 Å². The lowest BCUT2D eigenvalue weighted by atomic mass is 10.1. The van der Waals surface area contributed by atoms with Crippen molar-refractivity contribution in [3.05, 3.63) is 54.1 Å². The fourth-order valence-corrected chi connectivity index (χ4v) is 3.39. The molecule has 0 saturated carbocycles. The molecule has 0 aliphatic carbocycles. The number of imidazole rings is 1. The van der Waals surface area contributed by atoms with Gasteiger partial charge in [-0.1, -0.05) is 30.3 Å². The van der Waals surface area contributed by atoms with Gasteiger partial charge in [-0.3, -0.25) is 0 Å². The highest BCUT2D eigenvalue weighted by molar-refractivity contribution is 5.82. The number of aromatic nitrogens is 2. The number of nitrogens with zero attached hydrogens (tertiary/aromatic N) is 3. The van der Waals surface area contributed by atoms with E-state index in [2.05, 4.69) is 28.1 Å². The molecule has 0 bridgehead atoms. The Balaban J connectivity index is 1.94. The first kappa shape index (κ1) is 14.0. The molecular weight excluding hydrogens is 284 g/mol. The molecular formula is C19H18N4. The molecule has 114 valence electrons. The van der Waals surface area contributed by atoms with E-state index in [0.29, 0.717) is 11.6 Å². The van der Waals surface area contributed by atoms with Gasteiger partial charge >= 0.3 is 0 Å². The maximum absolute atomic E-state index is 9.15. The molecule has 2 aromatic carbocycles. The number of piperidine rings is 1. The van der Waals surface area contributed by atoms with Gasteiger partial charge in [0.25, 0.3) is 0 Å². The minimum atomic E-state index is 0.449. The molecule has 1 aromatic heterocycles. The molecule has 23 heavy (non-hydrogen) atoms. The minimum absolute atomic E-state index is 0.449. The molecule has 3 aromatic rings. The summed E-state index contributed by atoms with van der Waals surface area (Å²) in [5.74, 6) is 1.00. The van der Waals surface area contributed by atoms with Gasteiger partial charge in [0.05, 0.1) is 22.7 Å². The van der Waals surface area contributed by atoms with Gasteiger partial charge in [0.15, 0.2) is 0 Å². The molecule has 4 heteroatoms. The van der Waals surface area contributed by atoms with Gasteiger partial charge in [0.1, 0.15) is 5.82 Å². The lowest BCUT2D eigenvalue weighted by Crippen LogP contribution is -2.29. The van der Waals surface area contributed by atoms with Crippen molar-refractivity contribution < 1.29 is 0 Å². The Bertz CT molecular complexity index is 868. The smallest absolute Gasteiger partial charge is 0.141 e. The number of hydrogen-bond donors (Lipinski definition) is 1. The molecule has 1 aliphatic heterocycles. The van der Waals surface area contributed by atoms with Crippen LogP contribution in [0.15, 0.2) is 48.5 Å². The summed E-state index contributed by atoms with van der Waals surface area (Å²) in [6.07, 6.45) is 2.20. The second-order valence-corrected chi connectivity index (χ2v) is 5.97. The minimum Gasteiger partial charge on any atom is -0.321 e. The quantitative estimate of drug-likeness (QED) is 0.788. The molecule has 1 aliphatic rings. The normalized spacial score (nSPS) is 15.6. The number of rotatable bonds is 2. The zero-order valence-electron chi connectivity index (χ0n) is 12.9. The third-order valence-corrected chi connectivity index (χ3v) is 4.52. The molecule has 0 unspecified atom stereocenters. The van der Waals surface area contributed by atoms with E-state index in [1.54, 1.807) is 0 Å². The Morgan fingerprint density at radius 2 is 1.87 bits per heavy atom. The van der Waals surface area contributed by atoms with Crippen LogP contribution in [0, 0.1) is 11.3 Å². The van der Waals surface area contributed by atoms with Crippen LogP contribution in [0.25, 0.3) is 22.4 Å². The first-order chi connectivity index (χ1) is 11.4. The maximum atomic E-state index is 9.15. The highest BCUT2D eigenvalue weighted by Gasteiger charge is 2.22. The fraction of sp³-hybridized carbons (Fsp3) is 0.263. The molecule has 4 rings (SSSR count). The maximum Gasteiger partial charge on any atom is 0.141 e. The SMILES string of the molecule is N#Cc1ccc2c(c1)nc(-c1ccccc1)n2C1CCNCC1. The second-order valence-electron chi connectivity index (χ2n) is 5.97. The molecule has 1 N–H and O–H groups in total. The first-order valence-electron chi connectivity index (χ1n) is 8.05. The summed E-state index contributed by atoms with van der Waals surface area (Å²) in [4.78, 5) is 4.86. The molecule has 1 fully saturated rings. The zero-order chi connectivity index (χ0) is 15.6. The van der Waals surface area contributed by atoms with Gasteiger partial charge in [-0.15, -0.1) is 0 Å². The highest BCUT2D eigenvalue weighted by atomic mass is 15.1. The Morgan fingerprint density at radius 3 is 2.61 bits per heavy atom. The van der Waals surface area contributed by atoms with Gasteiger partial charge in [-0.25, -0.2) is 4.98 Å². The van der Waals surface area contributed by atoms with Crippen LogP contribution in [-0.4, -0.2) is 22.6 Å². The van der Waals surface area contributed by atoms with Crippen molar-refractivity contribution >= 4 is 11.0 Å². The van der Waals surface area contributed by atoms with Crippen molar-refractivity contribution in [2.75, 3.05) is 13.1 Å². The van der Waals surface area contributed by atoms with Gasteiger partial charge in [0, 0.05) is 11.6 Å². The zero-order valence-corrected chi connectivity index (χ0v) is 12.9. The van der Waals surface area contributed by atoms with Crippen molar-refractivity contribution in [3.8, 4) is 17.5 Å². The third kappa shape index (κ3) is 2.49. The summed E-state index contributed by atoms with van der Waals surface area (Å²) in [6, 6.07) is 18.8. The highest BCUT2D eigenvalue weighted by Crippen LogP contribution is 2.32. The van der Waals surface area contributed by atoms with E-state index in [1.807, 2.05) is 36.4 Å². The molecule has 2 heterocycles. The van der Waals surface area contributed by atoms with E-state index in [1.165, 1.54) is 0 Å². The van der Waals surface area contributed by atoms with Crippen LogP contribution in [0.4, 0.5) is 0 Å². The number of nitrogens with one attached hydrogen (secondary N) is 1. The van der Waals surface area contributed by atoms with Gasteiger partial charge < -0.3 is 9.88 Å². The number of fused-ring (bicyclic) bond motifs is 1. The largest absolute Gasteiger partial charge is 0.321 e. The standard InChI is InChI=1S/C19H18N4/c20-13-14-6-7-18-17(12-14)22-19(15-4-2-1-3-5-15)23(18)16-8-10-21-11-9-16/h1-7,12,16,21H,8-11H2. The fourth-order valence-electron chi connectivity index (χ4n) is 3.39. The summed E-state index contributed by atoms with van der Waals surface area (Å²) >= 11 is 0. The first-order valence-corrected chi connectivity index (χ1v) is 8.05. The van der Waals surface area contributed by atoms with E-state index in [-0.39, 0.29) is 0 Å². The predicted octanol–water partition coefficient (Wildman–Crippen LogP) is 3.50. The molecule has 4 nitrogen and oxygen atoms in total. The van der Waals surface area contributed by atoms with E-state index in [4.69, 9.17) is 10.2 Å². The van der Waals surface area contributed by atoms with Crippen molar-refractivity contribution in [1.29, 1.82) is 5.26 Å². The Kier molecular flexibility index (Phi) is 3.57. The molecule has 0 radical (unpaired) electrons. The van der Waals surface area contributed by atoms with Crippen molar-refractivity contribution in [1.82, 2.24) is 14.9 Å². The Labute approximate surface area is 135 Å². The van der Waals surface area contributed by atoms with E-state index >= 15 is 0 Å². The molecule has 1 saturated heterocycles. The predicted molar refractivity (Wildman–Crippen MR) is 91.0 cm³/mol. The molecule has 0 atom stereocenters. The number of nitriles is 1. The van der Waals surface area contributed by atoms with Gasteiger partial charge in [-0.2, -0.15) is 5.26 Å². The number of benzene rings is 2. The van der Waals surface area contributed by atoms with Crippen molar-refractivity contribution in [2.24, 2.45) is 0 Å². The average Bonchev–Trinajstić information content (AvgIpc) is 3.01.